The standard InChI is InChI=1S/C6H14OS2/c1-3-5-8-7-9-6-4-2/h3-6H2,1-2H3. The van der Waals surface area contributed by atoms with Gasteiger partial charge in [0.05, 0.1) is 0 Å². The van der Waals surface area contributed by atoms with E-state index in [-0.39, 0.29) is 0 Å². The Morgan fingerprint density at radius 2 is 1.44 bits per heavy atom. The molecule has 1 nitrogen and oxygen atoms in total. The SMILES string of the molecule is CCCSOSCCC. The quantitative estimate of drug-likeness (QED) is 0.443. The molecule has 0 aromatic rings. The molecule has 0 N–H and O–H groups in total. The van der Waals surface area contributed by atoms with Crippen molar-refractivity contribution < 1.29 is 3.63 Å². The van der Waals surface area contributed by atoms with Crippen LogP contribution < -0.4 is 0 Å². The zero-order chi connectivity index (χ0) is 6.95. The maximum atomic E-state index is 5.15. The van der Waals surface area contributed by atoms with Crippen molar-refractivity contribution in [2.24, 2.45) is 0 Å². The van der Waals surface area contributed by atoms with Crippen molar-refractivity contribution in [3.05, 3.63) is 0 Å². The molecule has 0 saturated carbocycles. The van der Waals surface area contributed by atoms with Gasteiger partial charge < -0.3 is 0 Å². The lowest BCUT2D eigenvalue weighted by Crippen LogP contribution is -1.75. The van der Waals surface area contributed by atoms with Crippen molar-refractivity contribution in [2.75, 3.05) is 11.5 Å². The third-order valence-corrected chi connectivity index (χ3v) is 2.59. The van der Waals surface area contributed by atoms with Gasteiger partial charge in [-0.15, -0.1) is 0 Å². The minimum atomic E-state index is 1.11. The lowest BCUT2D eigenvalue weighted by Gasteiger charge is -1.96. The third-order valence-electron chi connectivity index (χ3n) is 0.671. The molecule has 0 rings (SSSR count). The summed E-state index contributed by atoms with van der Waals surface area (Å²) in [6.45, 7) is 4.31. The summed E-state index contributed by atoms with van der Waals surface area (Å²) in [7, 11) is 0. The van der Waals surface area contributed by atoms with Crippen LogP contribution in [0.5, 0.6) is 0 Å². The number of hydrogen-bond donors (Lipinski definition) is 0. The van der Waals surface area contributed by atoms with Gasteiger partial charge in [-0.2, -0.15) is 0 Å². The monoisotopic (exact) mass is 166 g/mol. The van der Waals surface area contributed by atoms with Gasteiger partial charge in [0, 0.05) is 35.6 Å². The highest BCUT2D eigenvalue weighted by Gasteiger charge is 1.86. The van der Waals surface area contributed by atoms with E-state index in [4.69, 9.17) is 3.63 Å². The van der Waals surface area contributed by atoms with Gasteiger partial charge in [0.1, 0.15) is 0 Å². The molecular weight excluding hydrogens is 152 g/mol. The molecule has 0 aromatic carbocycles. The molecule has 56 valence electrons. The Balaban J connectivity index is 2.60. The minimum absolute atomic E-state index is 1.11. The second-order valence-corrected chi connectivity index (χ2v) is 3.54. The molecule has 0 aromatic heterocycles. The molecule has 0 radical (unpaired) electrons. The average molecular weight is 166 g/mol. The van der Waals surface area contributed by atoms with Crippen LogP contribution in [-0.4, -0.2) is 11.5 Å². The van der Waals surface area contributed by atoms with E-state index in [0.717, 1.165) is 11.5 Å². The lowest BCUT2D eigenvalue weighted by molar-refractivity contribution is 0.751. The van der Waals surface area contributed by atoms with Gasteiger partial charge in [-0.05, 0) is 12.8 Å². The van der Waals surface area contributed by atoms with Crippen LogP contribution in [0.15, 0.2) is 0 Å². The summed E-state index contributed by atoms with van der Waals surface area (Å²) < 4.78 is 5.15. The van der Waals surface area contributed by atoms with E-state index in [1.54, 1.807) is 24.1 Å². The lowest BCUT2D eigenvalue weighted by atomic mass is 10.6. The van der Waals surface area contributed by atoms with Gasteiger partial charge in [-0.25, -0.2) is 3.63 Å². The topological polar surface area (TPSA) is 9.23 Å². The van der Waals surface area contributed by atoms with Gasteiger partial charge in [0.15, 0.2) is 0 Å². The number of rotatable bonds is 6. The van der Waals surface area contributed by atoms with Crippen molar-refractivity contribution in [2.45, 2.75) is 26.7 Å². The first-order valence-electron chi connectivity index (χ1n) is 3.32. The van der Waals surface area contributed by atoms with E-state index < -0.39 is 0 Å². The summed E-state index contributed by atoms with van der Waals surface area (Å²) in [5, 5.41) is 0. The highest BCUT2D eigenvalue weighted by molar-refractivity contribution is 8.07. The van der Waals surface area contributed by atoms with Crippen LogP contribution in [-0.2, 0) is 3.63 Å². The highest BCUT2D eigenvalue weighted by Crippen LogP contribution is 2.15. The zero-order valence-corrected chi connectivity index (χ0v) is 7.69. The first-order chi connectivity index (χ1) is 4.41. The fraction of sp³-hybridized carbons (Fsp3) is 1.00. The summed E-state index contributed by atoms with van der Waals surface area (Å²) in [5.41, 5.74) is 0. The molecule has 9 heavy (non-hydrogen) atoms. The Morgan fingerprint density at radius 1 is 1.00 bits per heavy atom. The highest BCUT2D eigenvalue weighted by atomic mass is 32.2. The van der Waals surface area contributed by atoms with Gasteiger partial charge in [-0.1, -0.05) is 13.8 Å². The van der Waals surface area contributed by atoms with Crippen LogP contribution in [0.25, 0.3) is 0 Å². The van der Waals surface area contributed by atoms with Crippen LogP contribution in [0.2, 0.25) is 0 Å². The molecule has 3 heteroatoms. The molecule has 0 amide bonds. The zero-order valence-electron chi connectivity index (χ0n) is 6.05. The molecule has 0 spiro atoms. The van der Waals surface area contributed by atoms with E-state index in [1.807, 2.05) is 0 Å². The van der Waals surface area contributed by atoms with Gasteiger partial charge >= 0.3 is 0 Å². The fourth-order valence-corrected chi connectivity index (χ4v) is 1.42. The second kappa shape index (κ2) is 8.66. The van der Waals surface area contributed by atoms with Crippen molar-refractivity contribution >= 4 is 24.1 Å². The summed E-state index contributed by atoms with van der Waals surface area (Å²) in [5.74, 6) is 2.22. The summed E-state index contributed by atoms with van der Waals surface area (Å²) in [4.78, 5) is 0. The molecule has 0 bridgehead atoms. The van der Waals surface area contributed by atoms with E-state index in [0.29, 0.717) is 0 Å². The van der Waals surface area contributed by atoms with E-state index in [2.05, 4.69) is 13.8 Å². The second-order valence-electron chi connectivity index (χ2n) is 1.71. The van der Waals surface area contributed by atoms with Gasteiger partial charge in [0.2, 0.25) is 0 Å². The molecule has 0 fully saturated rings. The van der Waals surface area contributed by atoms with E-state index >= 15 is 0 Å². The summed E-state index contributed by atoms with van der Waals surface area (Å²) >= 11 is 3.11. The molecule has 0 aliphatic rings. The normalized spacial score (nSPS) is 10.0. The first-order valence-corrected chi connectivity index (χ1v) is 5.15. The first kappa shape index (κ1) is 9.66. The number of hydrogen-bond acceptors (Lipinski definition) is 3. The predicted octanol–water partition coefficient (Wildman–Crippen LogP) is 3.12. The summed E-state index contributed by atoms with van der Waals surface area (Å²) in [6.07, 6.45) is 2.38. The van der Waals surface area contributed by atoms with Crippen LogP contribution >= 0.6 is 24.1 Å². The smallest absolute Gasteiger partial charge is 0.0207 e. The Morgan fingerprint density at radius 3 is 1.78 bits per heavy atom. The maximum absolute atomic E-state index is 5.15. The van der Waals surface area contributed by atoms with Crippen LogP contribution in [0, 0.1) is 0 Å². The molecule has 0 saturated heterocycles. The average Bonchev–Trinajstić information content (AvgIpc) is 1.89. The van der Waals surface area contributed by atoms with Crippen molar-refractivity contribution in [1.82, 2.24) is 0 Å². The van der Waals surface area contributed by atoms with Crippen molar-refractivity contribution in [1.29, 1.82) is 0 Å². The van der Waals surface area contributed by atoms with Crippen LogP contribution in [0.4, 0.5) is 0 Å². The van der Waals surface area contributed by atoms with E-state index in [9.17, 15) is 0 Å². The predicted molar refractivity (Wildman–Crippen MR) is 46.6 cm³/mol. The van der Waals surface area contributed by atoms with Crippen molar-refractivity contribution in [3.8, 4) is 0 Å². The Hall–Kier alpha value is 0.660. The summed E-state index contributed by atoms with van der Waals surface area (Å²) in [6, 6.07) is 0. The molecular formula is C6H14OS2. The van der Waals surface area contributed by atoms with Crippen molar-refractivity contribution in [3.63, 3.8) is 0 Å². The van der Waals surface area contributed by atoms with Crippen LogP contribution in [0.3, 0.4) is 0 Å². The molecule has 0 unspecified atom stereocenters. The molecule has 0 aliphatic carbocycles. The van der Waals surface area contributed by atoms with Gasteiger partial charge in [-0.3, -0.25) is 0 Å². The molecule has 0 heterocycles. The third kappa shape index (κ3) is 8.66. The minimum Gasteiger partial charge on any atom is -0.247 e. The largest absolute Gasteiger partial charge is 0.247 e. The Kier molecular flexibility index (Phi) is 9.30. The fourth-order valence-electron chi connectivity index (χ4n) is 0.269. The van der Waals surface area contributed by atoms with Gasteiger partial charge in [0.25, 0.3) is 0 Å². The maximum Gasteiger partial charge on any atom is 0.0207 e. The van der Waals surface area contributed by atoms with E-state index in [1.165, 1.54) is 12.8 Å². The van der Waals surface area contributed by atoms with Crippen LogP contribution in [0.1, 0.15) is 26.7 Å². The molecule has 0 atom stereocenters. The molecule has 0 aliphatic heterocycles. The Bertz CT molecular complexity index is 44.3. The Labute approximate surface area is 66.3 Å².